The molecule has 3 aromatic heterocycles. The molecule has 4 atom stereocenters. The molecule has 0 spiro atoms. The van der Waals surface area contributed by atoms with Crippen molar-refractivity contribution in [3.63, 3.8) is 0 Å². The van der Waals surface area contributed by atoms with E-state index >= 15 is 0 Å². The third kappa shape index (κ3) is 4.71. The van der Waals surface area contributed by atoms with Crippen molar-refractivity contribution in [1.29, 1.82) is 0 Å². The molecule has 3 unspecified atom stereocenters. The summed E-state index contributed by atoms with van der Waals surface area (Å²) in [7, 11) is -4.18. The highest BCUT2D eigenvalue weighted by Crippen LogP contribution is 2.55. The lowest BCUT2D eigenvalue weighted by atomic mass is 10.1. The van der Waals surface area contributed by atoms with Gasteiger partial charge in [0.25, 0.3) is 0 Å². The zero-order chi connectivity index (χ0) is 21.0. The standard InChI is InChI=1S/C17H20N6O5P2/c1-12(26-11-29-24)8-23-10-21-15-16(19-9-20-17(15)23)22-30(25)27-6-4-14(28-30)13-3-2-5-18-7-13/h2-3,5,7,9-10,12,14H,4,6,8,11H2,1H3,(H,19,20,22,25)/p+1/t12-,14?,30?/m1/s1. The van der Waals surface area contributed by atoms with Crippen molar-refractivity contribution in [2.45, 2.75) is 32.1 Å². The Kier molecular flexibility index (Phi) is 6.46. The van der Waals surface area contributed by atoms with E-state index in [9.17, 15) is 9.13 Å². The molecule has 0 saturated carbocycles. The molecule has 4 rings (SSSR count). The van der Waals surface area contributed by atoms with Gasteiger partial charge in [-0.1, -0.05) is 10.6 Å². The van der Waals surface area contributed by atoms with Crippen molar-refractivity contribution in [1.82, 2.24) is 24.5 Å². The molecule has 1 aliphatic rings. The predicted molar refractivity (Wildman–Crippen MR) is 110 cm³/mol. The van der Waals surface area contributed by atoms with Crippen LogP contribution in [0.5, 0.6) is 0 Å². The van der Waals surface area contributed by atoms with E-state index in [1.807, 2.05) is 13.0 Å². The quantitative estimate of drug-likeness (QED) is 0.509. The number of hydrogen-bond acceptors (Lipinski definition) is 9. The highest BCUT2D eigenvalue weighted by Gasteiger charge is 2.36. The Labute approximate surface area is 174 Å². The number of aromatic nitrogens is 5. The molecule has 3 aromatic rings. The molecule has 0 radical (unpaired) electrons. The van der Waals surface area contributed by atoms with Crippen LogP contribution < -0.4 is 5.09 Å². The maximum absolute atomic E-state index is 13.2. The Morgan fingerprint density at radius 3 is 3.13 bits per heavy atom. The molecule has 1 N–H and O–H groups in total. The lowest BCUT2D eigenvalue weighted by Gasteiger charge is -2.29. The van der Waals surface area contributed by atoms with E-state index in [1.165, 1.54) is 6.33 Å². The van der Waals surface area contributed by atoms with Gasteiger partial charge in [-0.3, -0.25) is 19.1 Å². The molecule has 0 bridgehead atoms. The minimum absolute atomic E-state index is 0.172. The first kappa shape index (κ1) is 21.0. The first-order chi connectivity index (χ1) is 14.6. The van der Waals surface area contributed by atoms with Crippen LogP contribution in [0.2, 0.25) is 0 Å². The van der Waals surface area contributed by atoms with Crippen molar-refractivity contribution >= 4 is 33.2 Å². The third-order valence-corrected chi connectivity index (χ3v) is 6.31. The number of anilines is 1. The van der Waals surface area contributed by atoms with Crippen LogP contribution in [0.15, 0.2) is 37.2 Å². The van der Waals surface area contributed by atoms with Gasteiger partial charge in [0.1, 0.15) is 6.33 Å². The van der Waals surface area contributed by atoms with E-state index in [0.29, 0.717) is 24.1 Å². The van der Waals surface area contributed by atoms with E-state index in [-0.39, 0.29) is 24.9 Å². The number of nitrogens with zero attached hydrogens (tertiary/aromatic N) is 5. The zero-order valence-electron chi connectivity index (χ0n) is 16.2. The maximum Gasteiger partial charge on any atom is 0.434 e. The monoisotopic (exact) mass is 451 g/mol. The summed E-state index contributed by atoms with van der Waals surface area (Å²) in [5.74, 6) is 0.253. The number of fused-ring (bicyclic) bond motifs is 1. The Morgan fingerprint density at radius 1 is 1.43 bits per heavy atom. The summed E-state index contributed by atoms with van der Waals surface area (Å²) in [5.41, 5.74) is 1.80. The molecule has 0 aliphatic carbocycles. The van der Waals surface area contributed by atoms with Gasteiger partial charge in [0, 0.05) is 18.8 Å². The molecule has 1 aliphatic heterocycles. The Morgan fingerprint density at radius 2 is 2.33 bits per heavy atom. The fourth-order valence-corrected chi connectivity index (χ4v) is 4.98. The molecule has 13 heteroatoms. The molecule has 158 valence electrons. The average Bonchev–Trinajstić information content (AvgIpc) is 3.16. The second-order valence-electron chi connectivity index (χ2n) is 6.67. The molecular formula is C17H21N6O5P2+. The van der Waals surface area contributed by atoms with Gasteiger partial charge >= 0.3 is 16.2 Å². The lowest BCUT2D eigenvalue weighted by molar-refractivity contribution is 0.0840. The second-order valence-corrected chi connectivity index (χ2v) is 8.93. The van der Waals surface area contributed by atoms with Gasteiger partial charge in [-0.15, -0.1) is 0 Å². The normalized spacial score (nSPS) is 22.9. The second kappa shape index (κ2) is 9.24. The fraction of sp³-hybridized carbons (Fsp3) is 0.412. The van der Waals surface area contributed by atoms with E-state index in [1.54, 1.807) is 29.4 Å². The highest BCUT2D eigenvalue weighted by molar-refractivity contribution is 7.55. The number of ether oxygens (including phenoxy) is 1. The minimum Gasteiger partial charge on any atom is -0.333 e. The first-order valence-corrected chi connectivity index (χ1v) is 12.0. The SMILES string of the molecule is C[C@H](Cn1cnc2c(NP3(=O)OCCC(c4cccnc4)O3)ncnc21)OC[PH+]=O. The van der Waals surface area contributed by atoms with Crippen LogP contribution in [-0.4, -0.2) is 43.6 Å². The Hall–Kier alpha value is -2.29. The van der Waals surface area contributed by atoms with E-state index < -0.39 is 22.3 Å². The highest BCUT2D eigenvalue weighted by atomic mass is 31.2. The first-order valence-electron chi connectivity index (χ1n) is 9.31. The lowest BCUT2D eigenvalue weighted by Crippen LogP contribution is -2.18. The van der Waals surface area contributed by atoms with E-state index in [0.717, 1.165) is 5.56 Å². The number of imidazole rings is 1. The van der Waals surface area contributed by atoms with Crippen molar-refractivity contribution in [2.75, 3.05) is 18.0 Å². The number of pyridine rings is 1. The Balaban J connectivity index is 1.53. The zero-order valence-corrected chi connectivity index (χ0v) is 18.1. The van der Waals surface area contributed by atoms with Gasteiger partial charge < -0.3 is 9.30 Å². The number of hydrogen-bond donors (Lipinski definition) is 1. The molecule has 0 amide bonds. The van der Waals surface area contributed by atoms with Gasteiger partial charge in [0.05, 0.1) is 31.7 Å². The predicted octanol–water partition coefficient (Wildman–Crippen LogP) is 3.31. The van der Waals surface area contributed by atoms with Crippen LogP contribution in [0.3, 0.4) is 0 Å². The van der Waals surface area contributed by atoms with Gasteiger partial charge in [-0.2, -0.15) is 0 Å². The number of rotatable bonds is 8. The van der Waals surface area contributed by atoms with Crippen molar-refractivity contribution in [3.05, 3.63) is 42.7 Å². The van der Waals surface area contributed by atoms with Crippen LogP contribution in [-0.2, 0) is 29.5 Å². The smallest absolute Gasteiger partial charge is 0.333 e. The van der Waals surface area contributed by atoms with Crippen LogP contribution in [0, 0.1) is 0 Å². The summed E-state index contributed by atoms with van der Waals surface area (Å²) >= 11 is 0. The largest absolute Gasteiger partial charge is 0.434 e. The Bertz CT molecular complexity index is 1070. The van der Waals surface area contributed by atoms with Crippen molar-refractivity contribution in [2.24, 2.45) is 0 Å². The summed E-state index contributed by atoms with van der Waals surface area (Å²) in [4.78, 5) is 16.9. The third-order valence-electron chi connectivity index (χ3n) is 4.49. The van der Waals surface area contributed by atoms with Crippen LogP contribution in [0.4, 0.5) is 5.82 Å². The number of nitrogens with one attached hydrogen (secondary N) is 1. The summed E-state index contributed by atoms with van der Waals surface area (Å²) in [6.07, 6.45) is 6.45. The van der Waals surface area contributed by atoms with Gasteiger partial charge in [0.2, 0.25) is 6.35 Å². The van der Waals surface area contributed by atoms with Crippen molar-refractivity contribution in [3.8, 4) is 0 Å². The molecule has 11 nitrogen and oxygen atoms in total. The molecule has 1 fully saturated rings. The van der Waals surface area contributed by atoms with Crippen molar-refractivity contribution < 1.29 is 22.9 Å². The maximum atomic E-state index is 13.2. The topological polar surface area (TPSA) is 130 Å². The van der Waals surface area contributed by atoms with Crippen LogP contribution in [0.1, 0.15) is 25.0 Å². The van der Waals surface area contributed by atoms with E-state index in [2.05, 4.69) is 25.0 Å². The van der Waals surface area contributed by atoms with E-state index in [4.69, 9.17) is 13.8 Å². The van der Waals surface area contributed by atoms with Crippen LogP contribution >= 0.6 is 16.2 Å². The summed E-state index contributed by atoms with van der Waals surface area (Å²) in [6, 6.07) is 3.67. The molecular weight excluding hydrogens is 430 g/mol. The summed E-state index contributed by atoms with van der Waals surface area (Å²) in [5, 5.41) is 2.79. The van der Waals surface area contributed by atoms with Gasteiger partial charge in [0.15, 0.2) is 17.0 Å². The molecule has 1 saturated heterocycles. The fourth-order valence-electron chi connectivity index (χ4n) is 3.11. The molecule has 0 aromatic carbocycles. The van der Waals surface area contributed by atoms with Crippen LogP contribution in [0.25, 0.3) is 11.2 Å². The molecule has 30 heavy (non-hydrogen) atoms. The summed E-state index contributed by atoms with van der Waals surface area (Å²) < 4.78 is 42.3. The van der Waals surface area contributed by atoms with Gasteiger partial charge in [-0.25, -0.2) is 19.5 Å². The minimum atomic E-state index is -3.67. The van der Waals surface area contributed by atoms with Gasteiger partial charge in [-0.05, 0) is 18.6 Å². The summed E-state index contributed by atoms with van der Waals surface area (Å²) in [6.45, 7) is 2.60. The molecule has 4 heterocycles. The average molecular weight is 451 g/mol.